The van der Waals surface area contributed by atoms with Crippen molar-refractivity contribution < 1.29 is 0 Å². The van der Waals surface area contributed by atoms with Crippen molar-refractivity contribution in [1.82, 2.24) is 9.47 Å². The van der Waals surface area contributed by atoms with Crippen LogP contribution in [-0.4, -0.2) is 29.1 Å². The lowest BCUT2D eigenvalue weighted by atomic mass is 10.0. The molecule has 1 aromatic heterocycles. The van der Waals surface area contributed by atoms with Gasteiger partial charge in [-0.1, -0.05) is 6.42 Å². The molecule has 1 saturated heterocycles. The SMILES string of the molecule is CN1CCCCC1CCn1cc(N)cc(Br)c1=O. The maximum atomic E-state index is 11.9. The van der Waals surface area contributed by atoms with Gasteiger partial charge < -0.3 is 15.2 Å². The van der Waals surface area contributed by atoms with Crippen LogP contribution in [0.15, 0.2) is 21.5 Å². The minimum absolute atomic E-state index is 0.00247. The first-order chi connectivity index (χ1) is 8.58. The third kappa shape index (κ3) is 3.14. The van der Waals surface area contributed by atoms with Crippen LogP contribution in [0.25, 0.3) is 0 Å². The van der Waals surface area contributed by atoms with Crippen molar-refractivity contribution in [1.29, 1.82) is 0 Å². The Morgan fingerprint density at radius 3 is 3.00 bits per heavy atom. The minimum Gasteiger partial charge on any atom is -0.398 e. The number of hydrogen-bond acceptors (Lipinski definition) is 3. The summed E-state index contributed by atoms with van der Waals surface area (Å²) in [6.45, 7) is 1.90. The first-order valence-electron chi connectivity index (χ1n) is 6.43. The van der Waals surface area contributed by atoms with Gasteiger partial charge in [-0.2, -0.15) is 0 Å². The zero-order valence-corrected chi connectivity index (χ0v) is 12.3. The van der Waals surface area contributed by atoms with Gasteiger partial charge in [0.05, 0.1) is 4.47 Å². The van der Waals surface area contributed by atoms with Gasteiger partial charge in [-0.05, 0) is 54.9 Å². The molecule has 1 fully saturated rings. The molecule has 0 aliphatic carbocycles. The predicted octanol–water partition coefficient (Wildman–Crippen LogP) is 2.07. The Hall–Kier alpha value is -0.810. The van der Waals surface area contributed by atoms with Gasteiger partial charge in [-0.25, -0.2) is 0 Å². The molecule has 0 aromatic carbocycles. The average molecular weight is 314 g/mol. The molecule has 2 rings (SSSR count). The van der Waals surface area contributed by atoms with E-state index in [0.717, 1.165) is 13.0 Å². The summed E-state index contributed by atoms with van der Waals surface area (Å²) in [6.07, 6.45) is 6.55. The molecular weight excluding hydrogens is 294 g/mol. The number of likely N-dealkylation sites (tertiary alicyclic amines) is 1. The first kappa shape index (κ1) is 13.6. The van der Waals surface area contributed by atoms with Gasteiger partial charge in [0.2, 0.25) is 0 Å². The summed E-state index contributed by atoms with van der Waals surface area (Å²) in [6, 6.07) is 2.25. The minimum atomic E-state index is 0.00247. The Labute approximate surface area is 116 Å². The standard InChI is InChI=1S/C13H20BrN3O/c1-16-6-3-2-4-11(16)5-7-17-9-10(15)8-12(14)13(17)18/h8-9,11H,2-7,15H2,1H3. The fourth-order valence-electron chi connectivity index (χ4n) is 2.58. The van der Waals surface area contributed by atoms with Crippen LogP contribution in [0, 0.1) is 0 Å². The topological polar surface area (TPSA) is 51.3 Å². The number of rotatable bonds is 3. The van der Waals surface area contributed by atoms with E-state index in [1.165, 1.54) is 25.8 Å². The van der Waals surface area contributed by atoms with Gasteiger partial charge in [0.15, 0.2) is 0 Å². The Kier molecular flexibility index (Phi) is 4.45. The molecule has 1 aliphatic rings. The van der Waals surface area contributed by atoms with Crippen LogP contribution in [0.4, 0.5) is 5.69 Å². The highest BCUT2D eigenvalue weighted by Gasteiger charge is 2.18. The zero-order valence-electron chi connectivity index (χ0n) is 10.7. The molecule has 100 valence electrons. The van der Waals surface area contributed by atoms with E-state index in [2.05, 4.69) is 27.9 Å². The van der Waals surface area contributed by atoms with Gasteiger partial charge in [-0.15, -0.1) is 0 Å². The molecule has 2 heterocycles. The molecule has 1 aliphatic heterocycles. The summed E-state index contributed by atoms with van der Waals surface area (Å²) in [4.78, 5) is 14.3. The number of nitrogen functional groups attached to an aromatic ring is 1. The molecule has 4 nitrogen and oxygen atoms in total. The Morgan fingerprint density at radius 2 is 2.28 bits per heavy atom. The number of anilines is 1. The normalized spacial score (nSPS) is 21.1. The van der Waals surface area contributed by atoms with Gasteiger partial charge in [-0.3, -0.25) is 4.79 Å². The number of aryl methyl sites for hydroxylation is 1. The van der Waals surface area contributed by atoms with E-state index >= 15 is 0 Å². The van der Waals surface area contributed by atoms with E-state index < -0.39 is 0 Å². The molecule has 0 saturated carbocycles. The molecule has 18 heavy (non-hydrogen) atoms. The van der Waals surface area contributed by atoms with Crippen LogP contribution >= 0.6 is 15.9 Å². The first-order valence-corrected chi connectivity index (χ1v) is 7.23. The smallest absolute Gasteiger partial charge is 0.264 e. The van der Waals surface area contributed by atoms with Crippen molar-refractivity contribution in [3.8, 4) is 0 Å². The molecule has 0 radical (unpaired) electrons. The number of hydrogen-bond donors (Lipinski definition) is 1. The van der Waals surface area contributed by atoms with Gasteiger partial charge in [0.25, 0.3) is 5.56 Å². The van der Waals surface area contributed by atoms with Gasteiger partial charge >= 0.3 is 0 Å². The maximum Gasteiger partial charge on any atom is 0.264 e. The highest BCUT2D eigenvalue weighted by molar-refractivity contribution is 9.10. The zero-order chi connectivity index (χ0) is 13.1. The van der Waals surface area contributed by atoms with Crippen LogP contribution in [0.5, 0.6) is 0 Å². The van der Waals surface area contributed by atoms with Crippen LogP contribution in [0.2, 0.25) is 0 Å². The molecule has 0 bridgehead atoms. The van der Waals surface area contributed by atoms with E-state index in [-0.39, 0.29) is 5.56 Å². The van der Waals surface area contributed by atoms with Crippen LogP contribution in [-0.2, 0) is 6.54 Å². The van der Waals surface area contributed by atoms with E-state index in [1.54, 1.807) is 16.8 Å². The Balaban J connectivity index is 2.04. The number of pyridine rings is 1. The lowest BCUT2D eigenvalue weighted by molar-refractivity contribution is 0.170. The number of halogens is 1. The molecule has 1 aromatic rings. The third-order valence-corrected chi connectivity index (χ3v) is 4.26. The molecule has 0 amide bonds. The summed E-state index contributed by atoms with van der Waals surface area (Å²) >= 11 is 3.25. The van der Waals surface area contributed by atoms with Crippen LogP contribution < -0.4 is 11.3 Å². The van der Waals surface area contributed by atoms with Gasteiger partial charge in [0.1, 0.15) is 0 Å². The maximum absolute atomic E-state index is 11.9. The second-order valence-corrected chi connectivity index (χ2v) is 5.89. The van der Waals surface area contributed by atoms with E-state index in [9.17, 15) is 4.79 Å². The third-order valence-electron chi connectivity index (χ3n) is 3.69. The summed E-state index contributed by atoms with van der Waals surface area (Å²) in [5.41, 5.74) is 6.39. The van der Waals surface area contributed by atoms with E-state index in [1.807, 2.05) is 0 Å². The molecule has 1 unspecified atom stereocenters. The monoisotopic (exact) mass is 313 g/mol. The van der Waals surface area contributed by atoms with Crippen molar-refractivity contribution in [3.63, 3.8) is 0 Å². The largest absolute Gasteiger partial charge is 0.398 e. The van der Waals surface area contributed by atoms with Crippen molar-refractivity contribution in [2.45, 2.75) is 38.3 Å². The molecular formula is C13H20BrN3O. The lowest BCUT2D eigenvalue weighted by Gasteiger charge is -2.32. The number of aromatic nitrogens is 1. The van der Waals surface area contributed by atoms with E-state index in [0.29, 0.717) is 16.2 Å². The summed E-state index contributed by atoms with van der Waals surface area (Å²) in [7, 11) is 2.17. The van der Waals surface area contributed by atoms with Crippen LogP contribution in [0.3, 0.4) is 0 Å². The second kappa shape index (κ2) is 5.89. The number of nitrogens with two attached hydrogens (primary N) is 1. The van der Waals surface area contributed by atoms with Gasteiger partial charge in [0, 0.05) is 24.5 Å². The van der Waals surface area contributed by atoms with Crippen molar-refractivity contribution in [2.24, 2.45) is 0 Å². The van der Waals surface area contributed by atoms with Crippen molar-refractivity contribution >= 4 is 21.6 Å². The van der Waals surface area contributed by atoms with Crippen molar-refractivity contribution in [3.05, 3.63) is 27.1 Å². The highest BCUT2D eigenvalue weighted by Crippen LogP contribution is 2.18. The fourth-order valence-corrected chi connectivity index (χ4v) is 3.08. The molecule has 5 heteroatoms. The number of nitrogens with zero attached hydrogens (tertiary/aromatic N) is 2. The second-order valence-electron chi connectivity index (χ2n) is 5.04. The molecule has 2 N–H and O–H groups in total. The fraction of sp³-hybridized carbons (Fsp3) is 0.615. The summed E-state index contributed by atoms with van der Waals surface area (Å²) in [5.74, 6) is 0. The highest BCUT2D eigenvalue weighted by atomic mass is 79.9. The Bertz CT molecular complexity index is 472. The Morgan fingerprint density at radius 1 is 1.50 bits per heavy atom. The summed E-state index contributed by atoms with van der Waals surface area (Å²) < 4.78 is 2.25. The quantitative estimate of drug-likeness (QED) is 0.929. The van der Waals surface area contributed by atoms with E-state index in [4.69, 9.17) is 5.73 Å². The molecule has 1 atom stereocenters. The number of piperidine rings is 1. The average Bonchev–Trinajstić information content (AvgIpc) is 2.33. The van der Waals surface area contributed by atoms with Crippen molar-refractivity contribution in [2.75, 3.05) is 19.3 Å². The predicted molar refractivity (Wildman–Crippen MR) is 77.7 cm³/mol. The van der Waals surface area contributed by atoms with Crippen LogP contribution in [0.1, 0.15) is 25.7 Å². The molecule has 0 spiro atoms. The lowest BCUT2D eigenvalue weighted by Crippen LogP contribution is -2.37. The summed E-state index contributed by atoms with van der Waals surface area (Å²) in [5, 5.41) is 0.